The van der Waals surface area contributed by atoms with E-state index in [1.807, 2.05) is 6.92 Å². The Bertz CT molecular complexity index is 398. The van der Waals surface area contributed by atoms with Crippen molar-refractivity contribution in [3.63, 3.8) is 0 Å². The van der Waals surface area contributed by atoms with Crippen LogP contribution < -0.4 is 5.32 Å². The van der Waals surface area contributed by atoms with E-state index in [-0.39, 0.29) is 11.3 Å². The first-order valence-electron chi connectivity index (χ1n) is 5.45. The molecule has 1 amide bonds. The first kappa shape index (κ1) is 14.0. The topological polar surface area (TPSA) is 49.3 Å². The fraction of sp³-hybridized carbons (Fsp3) is 0.417. The number of aromatic hydroxyl groups is 1. The number of alkyl halides is 1. The molecule has 0 aliphatic rings. The Hall–Kier alpha value is -1.10. The molecule has 0 radical (unpaired) electrons. The molecule has 0 aromatic heterocycles. The second-order valence-electron chi connectivity index (χ2n) is 3.71. The van der Waals surface area contributed by atoms with Crippen LogP contribution in [0.15, 0.2) is 18.2 Å². The summed E-state index contributed by atoms with van der Waals surface area (Å²) in [6, 6.07) is 3.48. The van der Waals surface area contributed by atoms with Crippen molar-refractivity contribution in [2.24, 2.45) is 0 Å². The van der Waals surface area contributed by atoms with Gasteiger partial charge in [-0.15, -0.1) is 0 Å². The summed E-state index contributed by atoms with van der Waals surface area (Å²) >= 11 is 3.45. The first-order chi connectivity index (χ1) is 8.04. The molecule has 1 aromatic carbocycles. The maximum absolute atomic E-state index is 13.3. The predicted octanol–water partition coefficient (Wildman–Crippen LogP) is 2.82. The summed E-state index contributed by atoms with van der Waals surface area (Å²) in [5.74, 6) is -1.36. The normalized spacial score (nSPS) is 12.2. The molecule has 0 heterocycles. The molecule has 1 atom stereocenters. The maximum Gasteiger partial charge on any atom is 0.254 e. The Morgan fingerprint density at radius 2 is 2.29 bits per heavy atom. The van der Waals surface area contributed by atoms with Gasteiger partial charge in [0.25, 0.3) is 5.91 Å². The smallest absolute Gasteiger partial charge is 0.254 e. The van der Waals surface area contributed by atoms with Crippen molar-refractivity contribution in [2.75, 3.05) is 6.54 Å². The second kappa shape index (κ2) is 6.59. The van der Waals surface area contributed by atoms with Crippen LogP contribution in [-0.4, -0.2) is 22.4 Å². The first-order valence-corrected chi connectivity index (χ1v) is 6.37. The SMILES string of the molecule is CCC(Br)CCNC(=O)c1ccc(O)cc1F. The summed E-state index contributed by atoms with van der Waals surface area (Å²) in [5.41, 5.74) is -0.0505. The van der Waals surface area contributed by atoms with E-state index in [2.05, 4.69) is 21.2 Å². The molecular formula is C12H15BrFNO2. The number of phenols is 1. The fourth-order valence-corrected chi connectivity index (χ4v) is 1.56. The van der Waals surface area contributed by atoms with Crippen LogP contribution in [0.2, 0.25) is 0 Å². The average molecular weight is 304 g/mol. The summed E-state index contributed by atoms with van der Waals surface area (Å²) in [4.78, 5) is 12.0. The number of carbonyl (C=O) groups excluding carboxylic acids is 1. The van der Waals surface area contributed by atoms with Gasteiger partial charge in [-0.2, -0.15) is 0 Å². The number of phenolic OH excluding ortho intramolecular Hbond substituents is 1. The van der Waals surface area contributed by atoms with Gasteiger partial charge in [-0.05, 0) is 25.0 Å². The van der Waals surface area contributed by atoms with Gasteiger partial charge in [0.15, 0.2) is 0 Å². The van der Waals surface area contributed by atoms with Gasteiger partial charge in [0, 0.05) is 17.4 Å². The Kier molecular flexibility index (Phi) is 5.41. The summed E-state index contributed by atoms with van der Waals surface area (Å²) in [6.45, 7) is 2.53. The third-order valence-electron chi connectivity index (χ3n) is 2.38. The van der Waals surface area contributed by atoms with Gasteiger partial charge in [0.2, 0.25) is 0 Å². The van der Waals surface area contributed by atoms with Crippen LogP contribution in [0.25, 0.3) is 0 Å². The highest BCUT2D eigenvalue weighted by atomic mass is 79.9. The van der Waals surface area contributed by atoms with Crippen molar-refractivity contribution >= 4 is 21.8 Å². The van der Waals surface area contributed by atoms with Crippen LogP contribution in [-0.2, 0) is 0 Å². The zero-order valence-electron chi connectivity index (χ0n) is 9.54. The van der Waals surface area contributed by atoms with Gasteiger partial charge < -0.3 is 10.4 Å². The van der Waals surface area contributed by atoms with E-state index in [1.54, 1.807) is 0 Å². The maximum atomic E-state index is 13.3. The van der Waals surface area contributed by atoms with Crippen LogP contribution in [0.4, 0.5) is 4.39 Å². The Labute approximate surface area is 108 Å². The molecule has 17 heavy (non-hydrogen) atoms. The molecule has 1 aromatic rings. The van der Waals surface area contributed by atoms with Gasteiger partial charge in [-0.25, -0.2) is 4.39 Å². The summed E-state index contributed by atoms with van der Waals surface area (Å²) in [6.07, 6.45) is 1.77. The zero-order valence-corrected chi connectivity index (χ0v) is 11.1. The molecule has 5 heteroatoms. The lowest BCUT2D eigenvalue weighted by Crippen LogP contribution is -2.26. The molecule has 1 unspecified atom stereocenters. The highest BCUT2D eigenvalue weighted by Gasteiger charge is 2.12. The predicted molar refractivity (Wildman–Crippen MR) is 68.0 cm³/mol. The van der Waals surface area contributed by atoms with Crippen LogP contribution in [0, 0.1) is 5.82 Å². The number of amides is 1. The molecule has 2 N–H and O–H groups in total. The minimum absolute atomic E-state index is 0.0505. The molecule has 0 aliphatic carbocycles. The third kappa shape index (κ3) is 4.34. The number of nitrogens with one attached hydrogen (secondary N) is 1. The Morgan fingerprint density at radius 3 is 2.88 bits per heavy atom. The third-order valence-corrected chi connectivity index (χ3v) is 3.49. The van der Waals surface area contributed by atoms with E-state index in [9.17, 15) is 9.18 Å². The molecule has 0 spiro atoms. The summed E-state index contributed by atoms with van der Waals surface area (Å²) in [7, 11) is 0. The van der Waals surface area contributed by atoms with Gasteiger partial charge in [0.05, 0.1) is 5.56 Å². The van der Waals surface area contributed by atoms with Crippen molar-refractivity contribution in [3.8, 4) is 5.75 Å². The van der Waals surface area contributed by atoms with E-state index in [0.717, 1.165) is 18.9 Å². The fourth-order valence-electron chi connectivity index (χ4n) is 1.33. The van der Waals surface area contributed by atoms with Crippen LogP contribution in [0.3, 0.4) is 0 Å². The number of halogens is 2. The van der Waals surface area contributed by atoms with Crippen LogP contribution >= 0.6 is 15.9 Å². The number of rotatable bonds is 5. The average Bonchev–Trinajstić information content (AvgIpc) is 2.28. The largest absolute Gasteiger partial charge is 0.508 e. The molecule has 0 bridgehead atoms. The van der Waals surface area contributed by atoms with Crippen molar-refractivity contribution in [2.45, 2.75) is 24.6 Å². The highest BCUT2D eigenvalue weighted by Crippen LogP contribution is 2.15. The zero-order chi connectivity index (χ0) is 12.8. The summed E-state index contributed by atoms with van der Waals surface area (Å²) in [5, 5.41) is 11.7. The highest BCUT2D eigenvalue weighted by molar-refractivity contribution is 9.09. The van der Waals surface area contributed by atoms with Crippen molar-refractivity contribution in [1.29, 1.82) is 0 Å². The summed E-state index contributed by atoms with van der Waals surface area (Å²) < 4.78 is 13.3. The van der Waals surface area contributed by atoms with E-state index < -0.39 is 11.7 Å². The molecule has 94 valence electrons. The standard InChI is InChI=1S/C12H15BrFNO2/c1-2-8(13)5-6-15-12(17)10-4-3-9(16)7-11(10)14/h3-4,7-8,16H,2,5-6H2,1H3,(H,15,17). The van der Waals surface area contributed by atoms with Crippen LogP contribution in [0.5, 0.6) is 5.75 Å². The number of benzene rings is 1. The minimum atomic E-state index is -0.714. The molecule has 3 nitrogen and oxygen atoms in total. The molecular weight excluding hydrogens is 289 g/mol. The van der Waals surface area contributed by atoms with Gasteiger partial charge >= 0.3 is 0 Å². The monoisotopic (exact) mass is 303 g/mol. The van der Waals surface area contributed by atoms with E-state index in [4.69, 9.17) is 5.11 Å². The quantitative estimate of drug-likeness (QED) is 0.822. The lowest BCUT2D eigenvalue weighted by Gasteiger charge is -2.08. The minimum Gasteiger partial charge on any atom is -0.508 e. The number of hydrogen-bond acceptors (Lipinski definition) is 2. The number of carbonyl (C=O) groups is 1. The van der Waals surface area contributed by atoms with E-state index in [0.29, 0.717) is 11.4 Å². The van der Waals surface area contributed by atoms with Crippen molar-refractivity contribution in [1.82, 2.24) is 5.32 Å². The van der Waals surface area contributed by atoms with Crippen molar-refractivity contribution < 1.29 is 14.3 Å². The lowest BCUT2D eigenvalue weighted by atomic mass is 10.2. The lowest BCUT2D eigenvalue weighted by molar-refractivity contribution is 0.0949. The molecule has 1 rings (SSSR count). The van der Waals surface area contributed by atoms with Crippen LogP contribution in [0.1, 0.15) is 30.1 Å². The Balaban J connectivity index is 2.52. The molecule has 0 saturated heterocycles. The van der Waals surface area contributed by atoms with E-state index >= 15 is 0 Å². The molecule has 0 aliphatic heterocycles. The molecule has 0 fully saturated rings. The Morgan fingerprint density at radius 1 is 1.59 bits per heavy atom. The molecule has 0 saturated carbocycles. The van der Waals surface area contributed by atoms with E-state index in [1.165, 1.54) is 12.1 Å². The van der Waals surface area contributed by atoms with Gasteiger partial charge in [-0.1, -0.05) is 22.9 Å². The number of hydrogen-bond donors (Lipinski definition) is 2. The van der Waals surface area contributed by atoms with Crippen molar-refractivity contribution in [3.05, 3.63) is 29.6 Å². The van der Waals surface area contributed by atoms with Gasteiger partial charge in [-0.3, -0.25) is 4.79 Å². The second-order valence-corrected chi connectivity index (χ2v) is 5.01. The van der Waals surface area contributed by atoms with Gasteiger partial charge in [0.1, 0.15) is 11.6 Å².